The Labute approximate surface area is 139 Å². The smallest absolute Gasteiger partial charge is 0.306 e. The molecule has 2 saturated carbocycles. The predicted octanol–water partition coefficient (Wildman–Crippen LogP) is 3.13. The molecule has 3 rings (SSSR count). The normalized spacial score (nSPS) is 37.4. The zero-order valence-corrected chi connectivity index (χ0v) is 14.8. The van der Waals surface area contributed by atoms with Crippen LogP contribution < -0.4 is 0 Å². The Morgan fingerprint density at radius 2 is 2.09 bits per heavy atom. The molecule has 1 aliphatic heterocycles. The van der Waals surface area contributed by atoms with Crippen LogP contribution in [0.3, 0.4) is 0 Å². The van der Waals surface area contributed by atoms with Crippen LogP contribution in [-0.4, -0.2) is 31.5 Å². The molecule has 0 N–H and O–H groups in total. The molecule has 0 aromatic carbocycles. The SMILES string of the molecule is C=C[C@](C)(C[C@H]1C[C@H]2CC[C@H]1C2)OC(=O)C[C@H]1CCS(=O)(=O)C1. The minimum Gasteiger partial charge on any atom is -0.455 e. The second kappa shape index (κ2) is 6.23. The molecule has 0 unspecified atom stereocenters. The van der Waals surface area contributed by atoms with Gasteiger partial charge >= 0.3 is 5.97 Å². The number of sulfone groups is 1. The zero-order chi connectivity index (χ0) is 16.7. The summed E-state index contributed by atoms with van der Waals surface area (Å²) >= 11 is 0. The third-order valence-electron chi connectivity index (χ3n) is 6.11. The van der Waals surface area contributed by atoms with Crippen molar-refractivity contribution in [3.05, 3.63) is 12.7 Å². The van der Waals surface area contributed by atoms with Crippen molar-refractivity contribution in [3.8, 4) is 0 Å². The van der Waals surface area contributed by atoms with Gasteiger partial charge in [-0.1, -0.05) is 13.0 Å². The maximum atomic E-state index is 12.3. The van der Waals surface area contributed by atoms with Crippen molar-refractivity contribution in [2.75, 3.05) is 11.5 Å². The number of carbonyl (C=O) groups excluding carboxylic acids is 1. The first kappa shape index (κ1) is 17.0. The fraction of sp³-hybridized carbons (Fsp3) is 0.833. The van der Waals surface area contributed by atoms with E-state index in [-0.39, 0.29) is 29.8 Å². The number of rotatable bonds is 6. The van der Waals surface area contributed by atoms with E-state index in [9.17, 15) is 13.2 Å². The summed E-state index contributed by atoms with van der Waals surface area (Å²) in [6, 6.07) is 0. The van der Waals surface area contributed by atoms with Crippen LogP contribution in [0.2, 0.25) is 0 Å². The first-order valence-electron chi connectivity index (χ1n) is 8.84. The van der Waals surface area contributed by atoms with Crippen LogP contribution in [0, 0.1) is 23.7 Å². The molecular formula is C18H28O4S. The van der Waals surface area contributed by atoms with Crippen molar-refractivity contribution in [2.24, 2.45) is 23.7 Å². The highest BCUT2D eigenvalue weighted by molar-refractivity contribution is 7.91. The van der Waals surface area contributed by atoms with Crippen molar-refractivity contribution in [3.63, 3.8) is 0 Å². The number of hydrogen-bond donors (Lipinski definition) is 0. The quantitative estimate of drug-likeness (QED) is 0.550. The summed E-state index contributed by atoms with van der Waals surface area (Å²) in [5, 5.41) is 0. The van der Waals surface area contributed by atoms with Crippen LogP contribution in [0.1, 0.15) is 51.9 Å². The summed E-state index contributed by atoms with van der Waals surface area (Å²) in [6.45, 7) is 5.81. The Morgan fingerprint density at radius 1 is 1.30 bits per heavy atom. The van der Waals surface area contributed by atoms with Gasteiger partial charge in [0.05, 0.1) is 11.5 Å². The van der Waals surface area contributed by atoms with Crippen molar-refractivity contribution in [2.45, 2.75) is 57.5 Å². The number of fused-ring (bicyclic) bond motifs is 2. The molecule has 2 bridgehead atoms. The number of esters is 1. The van der Waals surface area contributed by atoms with Gasteiger partial charge in [-0.2, -0.15) is 0 Å². The molecule has 0 spiro atoms. The fourth-order valence-electron chi connectivity index (χ4n) is 4.88. The van der Waals surface area contributed by atoms with Crippen LogP contribution >= 0.6 is 0 Å². The minimum atomic E-state index is -2.94. The molecular weight excluding hydrogens is 312 g/mol. The highest BCUT2D eigenvalue weighted by Crippen LogP contribution is 2.51. The summed E-state index contributed by atoms with van der Waals surface area (Å²) in [4.78, 5) is 12.3. The second-order valence-electron chi connectivity index (χ2n) is 8.10. The maximum Gasteiger partial charge on any atom is 0.306 e. The molecule has 5 heteroatoms. The van der Waals surface area contributed by atoms with Gasteiger partial charge in [-0.25, -0.2) is 8.42 Å². The van der Waals surface area contributed by atoms with Crippen molar-refractivity contribution >= 4 is 15.8 Å². The van der Waals surface area contributed by atoms with E-state index in [0.29, 0.717) is 12.3 Å². The van der Waals surface area contributed by atoms with Crippen molar-refractivity contribution in [1.29, 1.82) is 0 Å². The molecule has 3 aliphatic rings. The van der Waals surface area contributed by atoms with E-state index >= 15 is 0 Å². The molecule has 5 atom stereocenters. The molecule has 0 aromatic heterocycles. The minimum absolute atomic E-state index is 0.0796. The van der Waals surface area contributed by atoms with Crippen molar-refractivity contribution in [1.82, 2.24) is 0 Å². The lowest BCUT2D eigenvalue weighted by Crippen LogP contribution is -2.34. The largest absolute Gasteiger partial charge is 0.455 e. The first-order valence-corrected chi connectivity index (χ1v) is 10.7. The van der Waals surface area contributed by atoms with E-state index in [2.05, 4.69) is 6.58 Å². The average Bonchev–Trinajstić information content (AvgIpc) is 3.14. The average molecular weight is 340 g/mol. The van der Waals surface area contributed by atoms with E-state index in [1.165, 1.54) is 25.7 Å². The number of ether oxygens (including phenoxy) is 1. The Bertz CT molecular complexity index is 582. The highest BCUT2D eigenvalue weighted by Gasteiger charge is 2.43. The summed E-state index contributed by atoms with van der Waals surface area (Å²) in [5.41, 5.74) is -0.621. The van der Waals surface area contributed by atoms with Gasteiger partial charge in [0, 0.05) is 6.42 Å². The van der Waals surface area contributed by atoms with Crippen molar-refractivity contribution < 1.29 is 17.9 Å². The van der Waals surface area contributed by atoms with Crippen LogP contribution in [0.15, 0.2) is 12.7 Å². The van der Waals surface area contributed by atoms with Crippen LogP contribution in [0.5, 0.6) is 0 Å². The fourth-order valence-corrected chi connectivity index (χ4v) is 6.75. The van der Waals surface area contributed by atoms with Crippen LogP contribution in [-0.2, 0) is 19.4 Å². The van der Waals surface area contributed by atoms with Gasteiger partial charge in [0.15, 0.2) is 9.84 Å². The molecule has 1 heterocycles. The molecule has 23 heavy (non-hydrogen) atoms. The standard InChI is InChI=1S/C18H28O4S/c1-3-18(2,11-16-9-13-4-5-15(16)8-13)22-17(19)10-14-6-7-23(20,21)12-14/h3,13-16H,1,4-12H2,2H3/t13-,14+,15-,16+,18+/m0/s1. The van der Waals surface area contributed by atoms with Crippen LogP contribution in [0.4, 0.5) is 0 Å². The number of hydrogen-bond acceptors (Lipinski definition) is 4. The maximum absolute atomic E-state index is 12.3. The molecule has 130 valence electrons. The van der Waals surface area contributed by atoms with Gasteiger partial charge in [-0.15, -0.1) is 0 Å². The zero-order valence-electron chi connectivity index (χ0n) is 14.0. The Kier molecular flexibility index (Phi) is 4.60. The van der Waals surface area contributed by atoms with Crippen LogP contribution in [0.25, 0.3) is 0 Å². The summed E-state index contributed by atoms with van der Waals surface area (Å²) in [5.74, 6) is 2.27. The third-order valence-corrected chi connectivity index (χ3v) is 7.95. The molecule has 4 nitrogen and oxygen atoms in total. The predicted molar refractivity (Wildman–Crippen MR) is 89.6 cm³/mol. The van der Waals surface area contributed by atoms with E-state index in [1.807, 2.05) is 6.92 Å². The number of carbonyl (C=O) groups is 1. The Balaban J connectivity index is 1.53. The highest BCUT2D eigenvalue weighted by atomic mass is 32.2. The molecule has 0 aromatic rings. The summed E-state index contributed by atoms with van der Waals surface area (Å²) < 4.78 is 28.7. The van der Waals surface area contributed by atoms with E-state index < -0.39 is 15.4 Å². The Hall–Kier alpha value is -0.840. The molecule has 3 fully saturated rings. The molecule has 0 radical (unpaired) electrons. The van der Waals surface area contributed by atoms with Gasteiger partial charge in [-0.3, -0.25) is 4.79 Å². The monoisotopic (exact) mass is 340 g/mol. The molecule has 2 aliphatic carbocycles. The second-order valence-corrected chi connectivity index (χ2v) is 10.3. The van der Waals surface area contributed by atoms with Gasteiger partial charge in [0.25, 0.3) is 0 Å². The first-order chi connectivity index (χ1) is 10.8. The summed E-state index contributed by atoms with van der Waals surface area (Å²) in [7, 11) is -2.94. The Morgan fingerprint density at radius 3 is 2.61 bits per heavy atom. The van der Waals surface area contributed by atoms with E-state index in [0.717, 1.165) is 18.3 Å². The van der Waals surface area contributed by atoms with Gasteiger partial charge in [-0.05, 0) is 68.8 Å². The molecule has 0 amide bonds. The lowest BCUT2D eigenvalue weighted by Gasteiger charge is -2.32. The van der Waals surface area contributed by atoms with Gasteiger partial charge < -0.3 is 4.74 Å². The van der Waals surface area contributed by atoms with Gasteiger partial charge in [0.1, 0.15) is 5.60 Å². The lowest BCUT2D eigenvalue weighted by atomic mass is 9.81. The van der Waals surface area contributed by atoms with E-state index in [4.69, 9.17) is 4.74 Å². The topological polar surface area (TPSA) is 60.4 Å². The molecule has 1 saturated heterocycles. The lowest BCUT2D eigenvalue weighted by molar-refractivity contribution is -0.156. The third kappa shape index (κ3) is 3.98. The van der Waals surface area contributed by atoms with E-state index in [1.54, 1.807) is 6.08 Å². The summed E-state index contributed by atoms with van der Waals surface area (Å²) in [6.07, 6.45) is 8.67. The van der Waals surface area contributed by atoms with Gasteiger partial charge in [0.2, 0.25) is 0 Å².